The van der Waals surface area contributed by atoms with Gasteiger partial charge in [0.05, 0.1) is 5.69 Å². The largest absolute Gasteiger partial charge is 0.421 e. The second kappa shape index (κ2) is 7.69. The molecule has 0 bridgehead atoms. The Morgan fingerprint density at radius 1 is 1.13 bits per heavy atom. The van der Waals surface area contributed by atoms with Gasteiger partial charge in [-0.1, -0.05) is 13.8 Å². The van der Waals surface area contributed by atoms with Crippen molar-refractivity contribution in [1.82, 2.24) is 25.5 Å². The van der Waals surface area contributed by atoms with Gasteiger partial charge in [0.1, 0.15) is 0 Å². The van der Waals surface area contributed by atoms with Crippen molar-refractivity contribution in [3.8, 4) is 22.7 Å². The number of fused-ring (bicyclic) bond motifs is 1. The van der Waals surface area contributed by atoms with Crippen LogP contribution in [-0.2, 0) is 6.42 Å². The van der Waals surface area contributed by atoms with Crippen LogP contribution < -0.4 is 5.32 Å². The van der Waals surface area contributed by atoms with Gasteiger partial charge in [-0.15, -0.1) is 10.2 Å². The molecule has 0 amide bonds. The minimum Gasteiger partial charge on any atom is -0.421 e. The van der Waals surface area contributed by atoms with E-state index in [0.29, 0.717) is 23.7 Å². The average Bonchev–Trinajstić information content (AvgIpc) is 3.47. The first-order valence-corrected chi connectivity index (χ1v) is 10.7. The van der Waals surface area contributed by atoms with E-state index in [4.69, 9.17) is 4.42 Å². The van der Waals surface area contributed by atoms with Crippen molar-refractivity contribution >= 4 is 10.9 Å². The summed E-state index contributed by atoms with van der Waals surface area (Å²) in [4.78, 5) is 7.96. The van der Waals surface area contributed by atoms with Crippen LogP contribution in [0.15, 0.2) is 40.9 Å². The Morgan fingerprint density at radius 3 is 2.80 bits per heavy atom. The van der Waals surface area contributed by atoms with Crippen LogP contribution in [0.1, 0.15) is 49.8 Å². The number of aryl methyl sites for hydroxylation is 1. The van der Waals surface area contributed by atoms with E-state index in [1.807, 2.05) is 13.1 Å². The lowest BCUT2D eigenvalue weighted by atomic mass is 9.95. The number of nitrogens with zero attached hydrogens (tertiary/aromatic N) is 3. The van der Waals surface area contributed by atoms with Crippen LogP contribution in [0.5, 0.6) is 0 Å². The zero-order valence-corrected chi connectivity index (χ0v) is 17.7. The molecule has 1 aromatic carbocycles. The number of H-pyrrole nitrogens is 1. The van der Waals surface area contributed by atoms with Gasteiger partial charge in [-0.3, -0.25) is 4.98 Å². The fourth-order valence-electron chi connectivity index (χ4n) is 4.47. The van der Waals surface area contributed by atoms with Crippen molar-refractivity contribution in [2.24, 2.45) is 0 Å². The van der Waals surface area contributed by atoms with Crippen LogP contribution in [0, 0.1) is 6.92 Å². The van der Waals surface area contributed by atoms with Gasteiger partial charge >= 0.3 is 0 Å². The third-order valence-corrected chi connectivity index (χ3v) is 5.90. The van der Waals surface area contributed by atoms with Crippen molar-refractivity contribution in [3.63, 3.8) is 0 Å². The molecule has 1 atom stereocenters. The van der Waals surface area contributed by atoms with E-state index in [-0.39, 0.29) is 0 Å². The molecule has 1 fully saturated rings. The molecular formula is C24H27N5O. The van der Waals surface area contributed by atoms with Crippen molar-refractivity contribution < 1.29 is 4.42 Å². The smallest absolute Gasteiger partial charge is 0.247 e. The number of benzene rings is 1. The summed E-state index contributed by atoms with van der Waals surface area (Å²) in [7, 11) is 0. The Bertz CT molecular complexity index is 1180. The molecule has 0 aliphatic carbocycles. The Hall–Kier alpha value is -2.99. The lowest BCUT2D eigenvalue weighted by Gasteiger charge is -2.09. The maximum atomic E-state index is 6.01. The molecule has 1 aliphatic heterocycles. The molecule has 30 heavy (non-hydrogen) atoms. The van der Waals surface area contributed by atoms with Gasteiger partial charge in [0.15, 0.2) is 0 Å². The zero-order valence-electron chi connectivity index (χ0n) is 17.7. The molecule has 154 valence electrons. The molecule has 6 heteroatoms. The summed E-state index contributed by atoms with van der Waals surface area (Å²) in [5.74, 6) is 1.65. The Morgan fingerprint density at radius 2 is 2.03 bits per heavy atom. The van der Waals surface area contributed by atoms with Crippen molar-refractivity contribution in [3.05, 3.63) is 53.7 Å². The van der Waals surface area contributed by atoms with E-state index in [9.17, 15) is 0 Å². The molecule has 0 unspecified atom stereocenters. The number of rotatable bonds is 5. The number of nitrogens with one attached hydrogen (secondary N) is 2. The normalized spacial score (nSPS) is 16.7. The van der Waals surface area contributed by atoms with Crippen molar-refractivity contribution in [2.75, 3.05) is 6.54 Å². The molecule has 0 spiro atoms. The summed E-state index contributed by atoms with van der Waals surface area (Å²) in [6.07, 6.45) is 5.04. The molecular weight excluding hydrogens is 374 g/mol. The van der Waals surface area contributed by atoms with Crippen LogP contribution in [0.25, 0.3) is 33.6 Å². The monoisotopic (exact) mass is 401 g/mol. The lowest BCUT2D eigenvalue weighted by molar-refractivity contribution is 0.464. The fourth-order valence-corrected chi connectivity index (χ4v) is 4.47. The molecule has 1 saturated heterocycles. The molecule has 3 aromatic heterocycles. The van der Waals surface area contributed by atoms with Crippen LogP contribution in [0.4, 0.5) is 0 Å². The molecule has 4 aromatic rings. The van der Waals surface area contributed by atoms with E-state index in [0.717, 1.165) is 41.0 Å². The summed E-state index contributed by atoms with van der Waals surface area (Å²) in [5.41, 5.74) is 6.69. The van der Waals surface area contributed by atoms with E-state index < -0.39 is 0 Å². The standard InChI is InChI=1S/C24H27N5O/c1-14(2)22-19-12-17(24-29-28-21(30-24)13-18-5-4-9-26-18)6-7-20(19)27-23(22)16-8-10-25-15(3)11-16/h6-8,10-12,14,18,26-27H,4-5,9,13H2,1-3H3/t18-/m1/s1. The van der Waals surface area contributed by atoms with Gasteiger partial charge in [0.2, 0.25) is 11.8 Å². The second-order valence-corrected chi connectivity index (χ2v) is 8.51. The zero-order chi connectivity index (χ0) is 20.7. The predicted molar refractivity (Wildman–Crippen MR) is 118 cm³/mol. The maximum Gasteiger partial charge on any atom is 0.247 e. The number of hydrogen-bond donors (Lipinski definition) is 2. The first kappa shape index (κ1) is 19.0. The lowest BCUT2D eigenvalue weighted by Crippen LogP contribution is -2.23. The maximum absolute atomic E-state index is 6.01. The van der Waals surface area contributed by atoms with E-state index in [2.05, 4.69) is 69.7 Å². The van der Waals surface area contributed by atoms with Gasteiger partial charge in [-0.05, 0) is 68.1 Å². The molecule has 4 heterocycles. The van der Waals surface area contributed by atoms with Crippen LogP contribution in [-0.4, -0.2) is 32.8 Å². The fraction of sp³-hybridized carbons (Fsp3) is 0.375. The Kier molecular flexibility index (Phi) is 4.87. The van der Waals surface area contributed by atoms with Gasteiger partial charge in [-0.2, -0.15) is 0 Å². The summed E-state index contributed by atoms with van der Waals surface area (Å²) in [6.45, 7) is 7.55. The number of pyridine rings is 1. The highest BCUT2D eigenvalue weighted by atomic mass is 16.4. The Balaban J connectivity index is 1.54. The molecule has 1 aliphatic rings. The number of aromatic amines is 1. The van der Waals surface area contributed by atoms with Gasteiger partial charge < -0.3 is 14.7 Å². The highest BCUT2D eigenvalue weighted by molar-refractivity contribution is 5.93. The van der Waals surface area contributed by atoms with Crippen LogP contribution >= 0.6 is 0 Å². The van der Waals surface area contributed by atoms with Crippen molar-refractivity contribution in [2.45, 2.75) is 52.0 Å². The first-order valence-electron chi connectivity index (χ1n) is 10.7. The minimum absolute atomic E-state index is 0.365. The number of hydrogen-bond acceptors (Lipinski definition) is 5. The first-order chi connectivity index (χ1) is 14.6. The van der Waals surface area contributed by atoms with Crippen LogP contribution in [0.3, 0.4) is 0 Å². The SMILES string of the molecule is Cc1cc(-c2[nH]c3ccc(-c4nnc(C[C@H]5CCCN5)o4)cc3c2C(C)C)ccn1. The predicted octanol–water partition coefficient (Wildman–Crippen LogP) is 5.01. The molecule has 0 saturated carbocycles. The molecule has 6 nitrogen and oxygen atoms in total. The van der Waals surface area contributed by atoms with E-state index >= 15 is 0 Å². The summed E-state index contributed by atoms with van der Waals surface area (Å²) < 4.78 is 6.01. The highest BCUT2D eigenvalue weighted by Gasteiger charge is 2.20. The number of aromatic nitrogens is 4. The van der Waals surface area contributed by atoms with Crippen LogP contribution in [0.2, 0.25) is 0 Å². The quantitative estimate of drug-likeness (QED) is 0.492. The topological polar surface area (TPSA) is 79.6 Å². The third-order valence-electron chi connectivity index (χ3n) is 5.90. The molecule has 5 rings (SSSR count). The Labute approximate surface area is 176 Å². The van der Waals surface area contributed by atoms with Crippen molar-refractivity contribution in [1.29, 1.82) is 0 Å². The van der Waals surface area contributed by atoms with Gasteiger partial charge in [-0.25, -0.2) is 0 Å². The van der Waals surface area contributed by atoms with Gasteiger partial charge in [0, 0.05) is 46.4 Å². The van der Waals surface area contributed by atoms with Gasteiger partial charge in [0.25, 0.3) is 0 Å². The molecule has 2 N–H and O–H groups in total. The second-order valence-electron chi connectivity index (χ2n) is 8.51. The minimum atomic E-state index is 0.365. The summed E-state index contributed by atoms with van der Waals surface area (Å²) >= 11 is 0. The highest BCUT2D eigenvalue weighted by Crippen LogP contribution is 2.37. The average molecular weight is 402 g/mol. The summed E-state index contributed by atoms with van der Waals surface area (Å²) in [5, 5.41) is 13.3. The van der Waals surface area contributed by atoms with E-state index in [1.54, 1.807) is 0 Å². The summed E-state index contributed by atoms with van der Waals surface area (Å²) in [6, 6.07) is 11.0. The molecule has 0 radical (unpaired) electrons. The van der Waals surface area contributed by atoms with E-state index in [1.165, 1.54) is 23.8 Å². The third kappa shape index (κ3) is 3.52.